The van der Waals surface area contributed by atoms with Crippen LogP contribution in [0.4, 0.5) is 0 Å². The fourth-order valence-corrected chi connectivity index (χ4v) is 2.72. The van der Waals surface area contributed by atoms with Gasteiger partial charge in [-0.25, -0.2) is 0 Å². The molecule has 2 atom stereocenters. The van der Waals surface area contributed by atoms with Gasteiger partial charge in [0.2, 0.25) is 0 Å². The number of aliphatic hydroxyl groups is 1. The van der Waals surface area contributed by atoms with Crippen LogP contribution in [0.5, 0.6) is 23.0 Å². The van der Waals surface area contributed by atoms with Crippen molar-refractivity contribution < 1.29 is 24.4 Å². The number of hydrogen-bond donors (Lipinski definition) is 2. The first-order chi connectivity index (χ1) is 10.6. The Morgan fingerprint density at radius 2 is 1.68 bits per heavy atom. The molecule has 0 radical (unpaired) electrons. The number of rotatable bonds is 3. The third kappa shape index (κ3) is 2.44. The SMILES string of the molecule is COc1cc2c(cc1OC)[C@H](O)[C@@H](c1ccc(O)cc1)CO2. The zero-order valence-electron chi connectivity index (χ0n) is 12.4. The Balaban J connectivity index is 1.97. The Labute approximate surface area is 128 Å². The van der Waals surface area contributed by atoms with Crippen molar-refractivity contribution in [2.45, 2.75) is 12.0 Å². The smallest absolute Gasteiger partial charge is 0.164 e. The van der Waals surface area contributed by atoms with E-state index in [4.69, 9.17) is 14.2 Å². The molecule has 0 saturated carbocycles. The van der Waals surface area contributed by atoms with Crippen molar-refractivity contribution in [3.8, 4) is 23.0 Å². The number of hydrogen-bond acceptors (Lipinski definition) is 5. The monoisotopic (exact) mass is 302 g/mol. The first kappa shape index (κ1) is 14.5. The van der Waals surface area contributed by atoms with Gasteiger partial charge in [0.05, 0.1) is 26.9 Å². The summed E-state index contributed by atoms with van der Waals surface area (Å²) in [5.74, 6) is 1.71. The van der Waals surface area contributed by atoms with E-state index in [2.05, 4.69) is 0 Å². The predicted octanol–water partition coefficient (Wildman–Crippen LogP) is 2.62. The highest BCUT2D eigenvalue weighted by Gasteiger charge is 2.32. The molecule has 0 saturated heterocycles. The van der Waals surface area contributed by atoms with Gasteiger partial charge < -0.3 is 24.4 Å². The minimum absolute atomic E-state index is 0.196. The normalized spacial score (nSPS) is 20.0. The summed E-state index contributed by atoms with van der Waals surface area (Å²) >= 11 is 0. The molecule has 0 aromatic heterocycles. The van der Waals surface area contributed by atoms with Gasteiger partial charge in [0.15, 0.2) is 11.5 Å². The Hall–Kier alpha value is -2.40. The summed E-state index contributed by atoms with van der Waals surface area (Å²) < 4.78 is 16.3. The lowest BCUT2D eigenvalue weighted by Gasteiger charge is -2.31. The number of phenolic OH excluding ortho intramolecular Hbond substituents is 1. The van der Waals surface area contributed by atoms with E-state index >= 15 is 0 Å². The molecule has 1 aliphatic rings. The van der Waals surface area contributed by atoms with Crippen LogP contribution < -0.4 is 14.2 Å². The van der Waals surface area contributed by atoms with Gasteiger partial charge in [-0.1, -0.05) is 12.1 Å². The summed E-state index contributed by atoms with van der Waals surface area (Å²) in [7, 11) is 3.11. The average molecular weight is 302 g/mol. The van der Waals surface area contributed by atoms with Crippen molar-refractivity contribution in [1.82, 2.24) is 0 Å². The van der Waals surface area contributed by atoms with Crippen LogP contribution in [0.2, 0.25) is 0 Å². The molecule has 3 rings (SSSR count). The molecular formula is C17H18O5. The second-order valence-corrected chi connectivity index (χ2v) is 5.20. The van der Waals surface area contributed by atoms with E-state index in [1.165, 1.54) is 0 Å². The van der Waals surface area contributed by atoms with Gasteiger partial charge >= 0.3 is 0 Å². The Kier molecular flexibility index (Phi) is 3.81. The maximum atomic E-state index is 10.7. The van der Waals surface area contributed by atoms with Crippen LogP contribution in [0.3, 0.4) is 0 Å². The van der Waals surface area contributed by atoms with Crippen LogP contribution in [0, 0.1) is 0 Å². The molecule has 2 aromatic carbocycles. The number of aromatic hydroxyl groups is 1. The van der Waals surface area contributed by atoms with Crippen LogP contribution >= 0.6 is 0 Å². The van der Waals surface area contributed by atoms with E-state index in [1.54, 1.807) is 50.6 Å². The summed E-state index contributed by atoms with van der Waals surface area (Å²) in [6.45, 7) is 0.356. The number of phenols is 1. The number of fused-ring (bicyclic) bond motifs is 1. The molecule has 0 unspecified atom stereocenters. The quantitative estimate of drug-likeness (QED) is 0.912. The maximum absolute atomic E-state index is 10.7. The van der Waals surface area contributed by atoms with Crippen LogP contribution in [0.25, 0.3) is 0 Å². The number of benzene rings is 2. The largest absolute Gasteiger partial charge is 0.508 e. The topological polar surface area (TPSA) is 68.2 Å². The molecule has 5 nitrogen and oxygen atoms in total. The molecule has 1 aliphatic heterocycles. The first-order valence-corrected chi connectivity index (χ1v) is 6.99. The Bertz CT molecular complexity index is 665. The van der Waals surface area contributed by atoms with Crippen molar-refractivity contribution in [2.75, 3.05) is 20.8 Å². The molecule has 2 aromatic rings. The minimum Gasteiger partial charge on any atom is -0.508 e. The lowest BCUT2D eigenvalue weighted by atomic mass is 9.87. The summed E-state index contributed by atoms with van der Waals surface area (Å²) in [5, 5.41) is 20.1. The van der Waals surface area contributed by atoms with Gasteiger partial charge in [-0.2, -0.15) is 0 Å². The fraction of sp³-hybridized carbons (Fsp3) is 0.294. The molecule has 0 amide bonds. The fourth-order valence-electron chi connectivity index (χ4n) is 2.72. The number of ether oxygens (including phenoxy) is 3. The second-order valence-electron chi connectivity index (χ2n) is 5.20. The molecule has 0 spiro atoms. The van der Waals surface area contributed by atoms with E-state index < -0.39 is 6.10 Å². The molecule has 0 aliphatic carbocycles. The highest BCUT2D eigenvalue weighted by atomic mass is 16.5. The minimum atomic E-state index is -0.715. The van der Waals surface area contributed by atoms with E-state index in [1.807, 2.05) is 0 Å². The Morgan fingerprint density at radius 1 is 1.05 bits per heavy atom. The number of aliphatic hydroxyl groups excluding tert-OH is 1. The molecular weight excluding hydrogens is 284 g/mol. The third-order valence-electron chi connectivity index (χ3n) is 3.96. The third-order valence-corrected chi connectivity index (χ3v) is 3.96. The summed E-state index contributed by atoms with van der Waals surface area (Å²) in [6.07, 6.45) is -0.715. The van der Waals surface area contributed by atoms with E-state index in [0.717, 1.165) is 5.56 Å². The second kappa shape index (κ2) is 5.77. The molecule has 0 fully saturated rings. The zero-order valence-corrected chi connectivity index (χ0v) is 12.4. The maximum Gasteiger partial charge on any atom is 0.164 e. The van der Waals surface area contributed by atoms with Gasteiger partial charge in [-0.15, -0.1) is 0 Å². The van der Waals surface area contributed by atoms with Crippen LogP contribution in [0.1, 0.15) is 23.1 Å². The van der Waals surface area contributed by atoms with Gasteiger partial charge in [0.1, 0.15) is 11.5 Å². The average Bonchev–Trinajstić information content (AvgIpc) is 2.55. The van der Waals surface area contributed by atoms with E-state index in [-0.39, 0.29) is 11.7 Å². The summed E-state index contributed by atoms with van der Waals surface area (Å²) in [5.41, 5.74) is 1.58. The summed E-state index contributed by atoms with van der Waals surface area (Å²) in [6, 6.07) is 10.3. The van der Waals surface area contributed by atoms with Crippen molar-refractivity contribution >= 4 is 0 Å². The standard InChI is InChI=1S/C17H18O5/c1-20-15-7-12-14(8-16(15)21-2)22-9-13(17(12)19)10-3-5-11(18)6-4-10/h3-8,13,17-19H,9H2,1-2H3/t13-,17+/m1/s1. The van der Waals surface area contributed by atoms with Gasteiger partial charge in [0, 0.05) is 17.5 Å². The highest BCUT2D eigenvalue weighted by Crippen LogP contribution is 2.45. The van der Waals surface area contributed by atoms with Crippen LogP contribution in [-0.4, -0.2) is 31.0 Å². The molecule has 116 valence electrons. The highest BCUT2D eigenvalue weighted by molar-refractivity contribution is 5.53. The van der Waals surface area contributed by atoms with Crippen molar-refractivity contribution in [2.24, 2.45) is 0 Å². The van der Waals surface area contributed by atoms with Crippen LogP contribution in [0.15, 0.2) is 36.4 Å². The van der Waals surface area contributed by atoms with Crippen molar-refractivity contribution in [1.29, 1.82) is 0 Å². The van der Waals surface area contributed by atoms with E-state index in [0.29, 0.717) is 29.4 Å². The van der Waals surface area contributed by atoms with Crippen molar-refractivity contribution in [3.63, 3.8) is 0 Å². The van der Waals surface area contributed by atoms with Gasteiger partial charge in [0.25, 0.3) is 0 Å². The zero-order chi connectivity index (χ0) is 15.7. The lowest BCUT2D eigenvalue weighted by Crippen LogP contribution is -2.24. The lowest BCUT2D eigenvalue weighted by molar-refractivity contribution is 0.0882. The molecule has 2 N–H and O–H groups in total. The van der Waals surface area contributed by atoms with Gasteiger partial charge in [-0.3, -0.25) is 0 Å². The van der Waals surface area contributed by atoms with Crippen LogP contribution in [-0.2, 0) is 0 Å². The van der Waals surface area contributed by atoms with Crippen molar-refractivity contribution in [3.05, 3.63) is 47.5 Å². The molecule has 22 heavy (non-hydrogen) atoms. The molecule has 0 bridgehead atoms. The predicted molar refractivity (Wildman–Crippen MR) is 80.8 cm³/mol. The molecule has 1 heterocycles. The van der Waals surface area contributed by atoms with Gasteiger partial charge in [-0.05, 0) is 23.8 Å². The number of methoxy groups -OCH3 is 2. The first-order valence-electron chi connectivity index (χ1n) is 6.99. The van der Waals surface area contributed by atoms with E-state index in [9.17, 15) is 10.2 Å². The summed E-state index contributed by atoms with van der Waals surface area (Å²) in [4.78, 5) is 0. The molecule has 5 heteroatoms. The Morgan fingerprint density at radius 3 is 2.32 bits per heavy atom.